The first kappa shape index (κ1) is 9.03. The number of nitrogens with one attached hydrogen (secondary N) is 1. The van der Waals surface area contributed by atoms with Crippen LogP contribution in [0, 0.1) is 0 Å². The van der Waals surface area contributed by atoms with Crippen molar-refractivity contribution >= 4 is 0 Å². The average Bonchev–Trinajstić information content (AvgIpc) is 2.68. The van der Waals surface area contributed by atoms with E-state index in [4.69, 9.17) is 5.73 Å². The highest BCUT2D eigenvalue weighted by atomic mass is 14.7. The molecule has 2 rings (SSSR count). The van der Waals surface area contributed by atoms with Crippen LogP contribution in [0.3, 0.4) is 0 Å². The zero-order chi connectivity index (χ0) is 9.80. The lowest BCUT2D eigenvalue weighted by Gasteiger charge is -2.02. The summed E-state index contributed by atoms with van der Waals surface area (Å²) in [6.07, 6.45) is 2.87. The third kappa shape index (κ3) is 1.70. The fourth-order valence-electron chi connectivity index (χ4n) is 1.64. The fourth-order valence-corrected chi connectivity index (χ4v) is 1.64. The fraction of sp³-hybridized carbons (Fsp3) is 0.167. The standard InChI is InChI=1S/C12H14N2/c13-8-6-12-11(7-9-14-12)10-4-2-1-3-5-10/h1-5,7,9,14H,6,8,13H2. The number of aromatic nitrogens is 1. The van der Waals surface area contributed by atoms with Gasteiger partial charge in [0.25, 0.3) is 0 Å². The number of nitrogens with two attached hydrogens (primary N) is 1. The molecule has 0 unspecified atom stereocenters. The SMILES string of the molecule is NCCc1[nH]ccc1-c1ccccc1. The van der Waals surface area contributed by atoms with Crippen molar-refractivity contribution in [3.63, 3.8) is 0 Å². The second-order valence-electron chi connectivity index (χ2n) is 3.27. The molecule has 0 fully saturated rings. The van der Waals surface area contributed by atoms with E-state index in [0.29, 0.717) is 6.54 Å². The first-order chi connectivity index (χ1) is 6.92. The second-order valence-corrected chi connectivity index (χ2v) is 3.27. The van der Waals surface area contributed by atoms with Crippen LogP contribution in [0.4, 0.5) is 0 Å². The number of hydrogen-bond donors (Lipinski definition) is 2. The highest BCUT2D eigenvalue weighted by Crippen LogP contribution is 2.22. The van der Waals surface area contributed by atoms with Gasteiger partial charge in [0, 0.05) is 23.9 Å². The first-order valence-electron chi connectivity index (χ1n) is 4.83. The van der Waals surface area contributed by atoms with Gasteiger partial charge in [-0.2, -0.15) is 0 Å². The van der Waals surface area contributed by atoms with Crippen molar-refractivity contribution in [3.8, 4) is 11.1 Å². The largest absolute Gasteiger partial charge is 0.364 e. The Morgan fingerprint density at radius 3 is 2.57 bits per heavy atom. The van der Waals surface area contributed by atoms with Gasteiger partial charge in [0.15, 0.2) is 0 Å². The van der Waals surface area contributed by atoms with Crippen molar-refractivity contribution in [3.05, 3.63) is 48.3 Å². The number of hydrogen-bond acceptors (Lipinski definition) is 1. The van der Waals surface area contributed by atoms with Crippen LogP contribution in [-0.2, 0) is 6.42 Å². The molecule has 0 aliphatic heterocycles. The van der Waals surface area contributed by atoms with Crippen LogP contribution in [-0.4, -0.2) is 11.5 Å². The van der Waals surface area contributed by atoms with Gasteiger partial charge in [-0.3, -0.25) is 0 Å². The van der Waals surface area contributed by atoms with Crippen LogP contribution < -0.4 is 5.73 Å². The quantitative estimate of drug-likeness (QED) is 0.758. The summed E-state index contributed by atoms with van der Waals surface area (Å²) in [7, 11) is 0. The van der Waals surface area contributed by atoms with E-state index in [1.165, 1.54) is 16.8 Å². The minimum absolute atomic E-state index is 0.681. The lowest BCUT2D eigenvalue weighted by molar-refractivity contribution is 0.937. The van der Waals surface area contributed by atoms with Crippen molar-refractivity contribution < 1.29 is 0 Å². The van der Waals surface area contributed by atoms with E-state index in [-0.39, 0.29) is 0 Å². The lowest BCUT2D eigenvalue weighted by Crippen LogP contribution is -2.03. The Balaban J connectivity index is 2.37. The van der Waals surface area contributed by atoms with Gasteiger partial charge in [0.05, 0.1) is 0 Å². The summed E-state index contributed by atoms with van der Waals surface area (Å²) in [5.41, 5.74) is 9.28. The maximum Gasteiger partial charge on any atom is 0.0239 e. The molecular weight excluding hydrogens is 172 g/mol. The van der Waals surface area contributed by atoms with Crippen LogP contribution in [0.15, 0.2) is 42.6 Å². The first-order valence-corrected chi connectivity index (χ1v) is 4.83. The molecule has 1 aromatic heterocycles. The van der Waals surface area contributed by atoms with Crippen molar-refractivity contribution in [2.75, 3.05) is 6.54 Å². The van der Waals surface area contributed by atoms with Crippen molar-refractivity contribution in [1.29, 1.82) is 0 Å². The van der Waals surface area contributed by atoms with Gasteiger partial charge in [0.1, 0.15) is 0 Å². The molecule has 2 aromatic rings. The van der Waals surface area contributed by atoms with Crippen LogP contribution >= 0.6 is 0 Å². The van der Waals surface area contributed by atoms with Gasteiger partial charge >= 0.3 is 0 Å². The van der Waals surface area contributed by atoms with Gasteiger partial charge in [-0.1, -0.05) is 30.3 Å². The minimum Gasteiger partial charge on any atom is -0.364 e. The number of H-pyrrole nitrogens is 1. The minimum atomic E-state index is 0.681. The molecule has 0 saturated heterocycles. The maximum absolute atomic E-state index is 5.55. The Morgan fingerprint density at radius 1 is 1.07 bits per heavy atom. The molecule has 0 bridgehead atoms. The molecule has 1 heterocycles. The number of benzene rings is 1. The summed E-state index contributed by atoms with van der Waals surface area (Å²) >= 11 is 0. The summed E-state index contributed by atoms with van der Waals surface area (Å²) in [6, 6.07) is 12.5. The predicted molar refractivity (Wildman–Crippen MR) is 59.0 cm³/mol. The third-order valence-electron chi connectivity index (χ3n) is 2.31. The van der Waals surface area contributed by atoms with E-state index >= 15 is 0 Å². The molecule has 0 atom stereocenters. The van der Waals surface area contributed by atoms with E-state index in [1.54, 1.807) is 0 Å². The van der Waals surface area contributed by atoms with Crippen LogP contribution in [0.2, 0.25) is 0 Å². The van der Waals surface area contributed by atoms with Crippen molar-refractivity contribution in [2.45, 2.75) is 6.42 Å². The van der Waals surface area contributed by atoms with Crippen LogP contribution in [0.25, 0.3) is 11.1 Å². The predicted octanol–water partition coefficient (Wildman–Crippen LogP) is 2.18. The summed E-state index contributed by atoms with van der Waals surface area (Å²) in [5, 5.41) is 0. The molecule has 0 aliphatic rings. The topological polar surface area (TPSA) is 41.8 Å². The van der Waals surface area contributed by atoms with Gasteiger partial charge in [0.2, 0.25) is 0 Å². The monoisotopic (exact) mass is 186 g/mol. The highest BCUT2D eigenvalue weighted by molar-refractivity contribution is 5.66. The van der Waals surface area contributed by atoms with Gasteiger partial charge in [-0.15, -0.1) is 0 Å². The zero-order valence-electron chi connectivity index (χ0n) is 8.03. The number of aromatic amines is 1. The van der Waals surface area contributed by atoms with E-state index < -0.39 is 0 Å². The average molecular weight is 186 g/mol. The molecule has 1 aromatic carbocycles. The Labute approximate surface area is 83.8 Å². The molecule has 2 heteroatoms. The normalized spacial score (nSPS) is 10.4. The summed E-state index contributed by atoms with van der Waals surface area (Å²) in [6.45, 7) is 0.681. The summed E-state index contributed by atoms with van der Waals surface area (Å²) in [5.74, 6) is 0. The summed E-state index contributed by atoms with van der Waals surface area (Å²) in [4.78, 5) is 3.23. The molecule has 14 heavy (non-hydrogen) atoms. The molecule has 2 nitrogen and oxygen atoms in total. The molecule has 0 saturated carbocycles. The summed E-state index contributed by atoms with van der Waals surface area (Å²) < 4.78 is 0. The smallest absolute Gasteiger partial charge is 0.0239 e. The lowest BCUT2D eigenvalue weighted by atomic mass is 10.1. The van der Waals surface area contributed by atoms with E-state index in [0.717, 1.165) is 6.42 Å². The van der Waals surface area contributed by atoms with Gasteiger partial charge in [-0.25, -0.2) is 0 Å². The highest BCUT2D eigenvalue weighted by Gasteiger charge is 2.03. The molecule has 0 aliphatic carbocycles. The van der Waals surface area contributed by atoms with Crippen LogP contribution in [0.5, 0.6) is 0 Å². The van der Waals surface area contributed by atoms with Crippen molar-refractivity contribution in [1.82, 2.24) is 4.98 Å². The third-order valence-corrected chi connectivity index (χ3v) is 2.31. The van der Waals surface area contributed by atoms with E-state index in [2.05, 4.69) is 35.3 Å². The molecule has 72 valence electrons. The molecule has 3 N–H and O–H groups in total. The van der Waals surface area contributed by atoms with E-state index in [1.807, 2.05) is 12.3 Å². The molecule has 0 spiro atoms. The Hall–Kier alpha value is -1.54. The van der Waals surface area contributed by atoms with Gasteiger partial charge in [-0.05, 0) is 18.2 Å². The molecular formula is C12H14N2. The molecule has 0 amide bonds. The Kier molecular flexibility index (Phi) is 2.65. The van der Waals surface area contributed by atoms with E-state index in [9.17, 15) is 0 Å². The van der Waals surface area contributed by atoms with Crippen molar-refractivity contribution in [2.24, 2.45) is 5.73 Å². The number of rotatable bonds is 3. The maximum atomic E-state index is 5.55. The zero-order valence-corrected chi connectivity index (χ0v) is 8.03. The second kappa shape index (κ2) is 4.11. The van der Waals surface area contributed by atoms with Crippen LogP contribution in [0.1, 0.15) is 5.69 Å². The molecule has 0 radical (unpaired) electrons. The van der Waals surface area contributed by atoms with Gasteiger partial charge < -0.3 is 10.7 Å². The Morgan fingerprint density at radius 2 is 1.86 bits per heavy atom. The Bertz CT molecular complexity index is 390.